The Balaban J connectivity index is 3.57. The van der Waals surface area contributed by atoms with Crippen molar-refractivity contribution in [2.24, 2.45) is 17.2 Å². The number of aliphatic hydroxyl groups excluding tert-OH is 1. The number of rotatable bonds is 9. The minimum Gasteiger partial charge on any atom is -0.480 e. The zero-order valence-corrected chi connectivity index (χ0v) is 9.51. The van der Waals surface area contributed by atoms with Crippen LogP contribution in [0.1, 0.15) is 32.1 Å². The SMILES string of the molecule is NCCC(O)CC(N)CCC[C@H](N)C(=O)O. The van der Waals surface area contributed by atoms with Gasteiger partial charge in [0.2, 0.25) is 0 Å². The minimum atomic E-state index is -0.989. The molecular weight excluding hydrogens is 210 g/mol. The van der Waals surface area contributed by atoms with Crippen molar-refractivity contribution in [1.82, 2.24) is 0 Å². The van der Waals surface area contributed by atoms with Crippen molar-refractivity contribution in [1.29, 1.82) is 0 Å². The van der Waals surface area contributed by atoms with Gasteiger partial charge in [-0.1, -0.05) is 0 Å². The largest absolute Gasteiger partial charge is 0.480 e. The molecule has 0 bridgehead atoms. The lowest BCUT2D eigenvalue weighted by molar-refractivity contribution is -0.138. The second-order valence-corrected chi connectivity index (χ2v) is 4.10. The molecule has 0 fully saturated rings. The zero-order valence-electron chi connectivity index (χ0n) is 9.51. The average Bonchev–Trinajstić information content (AvgIpc) is 2.17. The highest BCUT2D eigenvalue weighted by Gasteiger charge is 2.13. The molecule has 0 aliphatic rings. The molecular formula is C10H23N3O3. The Morgan fingerprint density at radius 3 is 2.31 bits per heavy atom. The van der Waals surface area contributed by atoms with E-state index in [0.29, 0.717) is 38.6 Å². The van der Waals surface area contributed by atoms with Crippen LogP contribution in [0.2, 0.25) is 0 Å². The van der Waals surface area contributed by atoms with Crippen molar-refractivity contribution in [3.05, 3.63) is 0 Å². The van der Waals surface area contributed by atoms with Crippen molar-refractivity contribution in [3.63, 3.8) is 0 Å². The fraction of sp³-hybridized carbons (Fsp3) is 0.900. The van der Waals surface area contributed by atoms with Crippen molar-refractivity contribution >= 4 is 5.97 Å². The fourth-order valence-electron chi connectivity index (χ4n) is 1.50. The van der Waals surface area contributed by atoms with Gasteiger partial charge in [0.15, 0.2) is 0 Å². The van der Waals surface area contributed by atoms with Gasteiger partial charge in [-0.3, -0.25) is 4.79 Å². The number of carboxylic acid groups (broad SMARTS) is 1. The lowest BCUT2D eigenvalue weighted by atomic mass is 10.0. The topological polar surface area (TPSA) is 136 Å². The first-order valence-electron chi connectivity index (χ1n) is 5.59. The summed E-state index contributed by atoms with van der Waals surface area (Å²) in [5.41, 5.74) is 16.4. The van der Waals surface area contributed by atoms with E-state index < -0.39 is 18.1 Å². The normalized spacial score (nSPS) is 16.8. The molecule has 0 saturated carbocycles. The van der Waals surface area contributed by atoms with E-state index in [1.807, 2.05) is 0 Å². The van der Waals surface area contributed by atoms with Crippen molar-refractivity contribution < 1.29 is 15.0 Å². The first kappa shape index (κ1) is 15.3. The summed E-state index contributed by atoms with van der Waals surface area (Å²) in [5, 5.41) is 18.0. The monoisotopic (exact) mass is 233 g/mol. The number of carbonyl (C=O) groups is 1. The molecule has 6 nitrogen and oxygen atoms in total. The Labute approximate surface area is 95.8 Å². The Hall–Kier alpha value is -0.690. The van der Waals surface area contributed by atoms with E-state index in [0.717, 1.165) is 0 Å². The highest BCUT2D eigenvalue weighted by Crippen LogP contribution is 2.08. The lowest BCUT2D eigenvalue weighted by Gasteiger charge is -2.16. The van der Waals surface area contributed by atoms with Crippen LogP contribution < -0.4 is 17.2 Å². The van der Waals surface area contributed by atoms with Crippen LogP contribution in [0, 0.1) is 0 Å². The first-order valence-corrected chi connectivity index (χ1v) is 5.59. The van der Waals surface area contributed by atoms with Gasteiger partial charge in [0.1, 0.15) is 6.04 Å². The van der Waals surface area contributed by atoms with Gasteiger partial charge in [-0.2, -0.15) is 0 Å². The van der Waals surface area contributed by atoms with E-state index in [2.05, 4.69) is 0 Å². The van der Waals surface area contributed by atoms with Crippen LogP contribution in [0.4, 0.5) is 0 Å². The summed E-state index contributed by atoms with van der Waals surface area (Å²) in [4.78, 5) is 10.4. The molecule has 0 aliphatic heterocycles. The standard InChI is InChI=1S/C10H23N3O3/c11-5-4-8(14)6-7(12)2-1-3-9(13)10(15)16/h7-9,14H,1-6,11-13H2,(H,15,16)/t7?,8?,9-/m0/s1. The first-order chi connectivity index (χ1) is 7.47. The molecule has 0 aromatic carbocycles. The number of aliphatic hydroxyl groups is 1. The summed E-state index contributed by atoms with van der Waals surface area (Å²) in [5.74, 6) is -0.989. The molecule has 96 valence electrons. The second kappa shape index (κ2) is 8.46. The average molecular weight is 233 g/mol. The number of aliphatic carboxylic acids is 1. The molecule has 8 N–H and O–H groups in total. The molecule has 16 heavy (non-hydrogen) atoms. The number of nitrogens with two attached hydrogens (primary N) is 3. The van der Waals surface area contributed by atoms with E-state index >= 15 is 0 Å². The van der Waals surface area contributed by atoms with Crippen molar-refractivity contribution in [2.75, 3.05) is 6.54 Å². The Bertz CT molecular complexity index is 202. The van der Waals surface area contributed by atoms with E-state index in [9.17, 15) is 9.90 Å². The summed E-state index contributed by atoms with van der Waals surface area (Å²) in [7, 11) is 0. The maximum atomic E-state index is 10.4. The molecule has 6 heteroatoms. The highest BCUT2D eigenvalue weighted by molar-refractivity contribution is 5.72. The zero-order chi connectivity index (χ0) is 12.6. The predicted molar refractivity (Wildman–Crippen MR) is 61.7 cm³/mol. The molecule has 0 heterocycles. The highest BCUT2D eigenvalue weighted by atomic mass is 16.4. The Morgan fingerprint density at radius 2 is 1.81 bits per heavy atom. The van der Waals surface area contributed by atoms with Gasteiger partial charge in [-0.05, 0) is 38.6 Å². The van der Waals surface area contributed by atoms with Crippen LogP contribution in [0.25, 0.3) is 0 Å². The van der Waals surface area contributed by atoms with Crippen LogP contribution in [-0.4, -0.2) is 40.9 Å². The summed E-state index contributed by atoms with van der Waals surface area (Å²) in [6.07, 6.45) is 2.32. The molecule has 0 spiro atoms. The van der Waals surface area contributed by atoms with Gasteiger partial charge in [-0.25, -0.2) is 0 Å². The predicted octanol–water partition coefficient (Wildman–Crippen LogP) is -1.00. The second-order valence-electron chi connectivity index (χ2n) is 4.10. The number of hydrogen-bond acceptors (Lipinski definition) is 5. The van der Waals surface area contributed by atoms with Gasteiger partial charge >= 0.3 is 5.97 Å². The third-order valence-electron chi connectivity index (χ3n) is 2.48. The Kier molecular flexibility index (Phi) is 8.10. The van der Waals surface area contributed by atoms with Crippen LogP contribution in [0.5, 0.6) is 0 Å². The quantitative estimate of drug-likeness (QED) is 0.346. The summed E-state index contributed by atoms with van der Waals surface area (Å²) in [6.45, 7) is 0.442. The Morgan fingerprint density at radius 1 is 1.19 bits per heavy atom. The van der Waals surface area contributed by atoms with Gasteiger partial charge in [-0.15, -0.1) is 0 Å². The van der Waals surface area contributed by atoms with E-state index in [4.69, 9.17) is 22.3 Å². The van der Waals surface area contributed by atoms with E-state index in [1.165, 1.54) is 0 Å². The maximum absolute atomic E-state index is 10.4. The van der Waals surface area contributed by atoms with Gasteiger partial charge in [0.25, 0.3) is 0 Å². The molecule has 0 aliphatic carbocycles. The van der Waals surface area contributed by atoms with Crippen LogP contribution in [0.3, 0.4) is 0 Å². The molecule has 0 saturated heterocycles. The molecule has 2 unspecified atom stereocenters. The maximum Gasteiger partial charge on any atom is 0.320 e. The summed E-state index contributed by atoms with van der Waals surface area (Å²) >= 11 is 0. The van der Waals surface area contributed by atoms with Crippen LogP contribution in [-0.2, 0) is 4.79 Å². The lowest BCUT2D eigenvalue weighted by Crippen LogP contribution is -2.31. The van der Waals surface area contributed by atoms with E-state index in [1.54, 1.807) is 0 Å². The molecule has 0 radical (unpaired) electrons. The van der Waals surface area contributed by atoms with E-state index in [-0.39, 0.29) is 6.04 Å². The smallest absolute Gasteiger partial charge is 0.320 e. The van der Waals surface area contributed by atoms with Crippen LogP contribution in [0.15, 0.2) is 0 Å². The van der Waals surface area contributed by atoms with Gasteiger partial charge in [0.05, 0.1) is 6.10 Å². The molecule has 0 aromatic rings. The fourth-order valence-corrected chi connectivity index (χ4v) is 1.50. The number of hydrogen-bond donors (Lipinski definition) is 5. The number of carboxylic acids is 1. The third-order valence-corrected chi connectivity index (χ3v) is 2.48. The summed E-state index contributed by atoms with van der Waals surface area (Å²) in [6, 6.07) is -0.941. The molecule has 0 rings (SSSR count). The molecule has 0 aromatic heterocycles. The van der Waals surface area contributed by atoms with Crippen molar-refractivity contribution in [3.8, 4) is 0 Å². The summed E-state index contributed by atoms with van der Waals surface area (Å²) < 4.78 is 0. The third kappa shape index (κ3) is 7.58. The van der Waals surface area contributed by atoms with Crippen LogP contribution >= 0.6 is 0 Å². The van der Waals surface area contributed by atoms with Gasteiger partial charge < -0.3 is 27.4 Å². The van der Waals surface area contributed by atoms with Crippen molar-refractivity contribution in [2.45, 2.75) is 50.3 Å². The minimum absolute atomic E-state index is 0.123. The molecule has 3 atom stereocenters. The molecule has 0 amide bonds. The van der Waals surface area contributed by atoms with Gasteiger partial charge in [0, 0.05) is 6.04 Å².